The van der Waals surface area contributed by atoms with Crippen molar-refractivity contribution in [2.45, 2.75) is 13.3 Å². The largest absolute Gasteiger partial charge is 0.384 e. The molecule has 0 fully saturated rings. The number of aryl methyl sites for hydroxylation is 1. The van der Waals surface area contributed by atoms with Gasteiger partial charge in [0.15, 0.2) is 0 Å². The molecule has 0 saturated carbocycles. The Morgan fingerprint density at radius 3 is 2.76 bits per heavy atom. The van der Waals surface area contributed by atoms with Gasteiger partial charge in [0.05, 0.1) is 15.6 Å². The van der Waals surface area contributed by atoms with Crippen LogP contribution in [-0.2, 0) is 6.42 Å². The molecule has 0 spiro atoms. The van der Waals surface area contributed by atoms with Gasteiger partial charge in [0.2, 0.25) is 0 Å². The molecule has 0 radical (unpaired) electrons. The second kappa shape index (κ2) is 5.95. The Morgan fingerprint density at radius 1 is 1.19 bits per heavy atom. The summed E-state index contributed by atoms with van der Waals surface area (Å²) in [6.45, 7) is 2.12. The van der Waals surface area contributed by atoms with Crippen LogP contribution in [0.5, 0.6) is 0 Å². The van der Waals surface area contributed by atoms with E-state index in [-0.39, 0.29) is 0 Å². The predicted octanol–water partition coefficient (Wildman–Crippen LogP) is 4.78. The van der Waals surface area contributed by atoms with E-state index in [4.69, 9.17) is 10.7 Å². The Morgan fingerprint density at radius 2 is 2.05 bits per heavy atom. The summed E-state index contributed by atoms with van der Waals surface area (Å²) in [5.41, 5.74) is 8.98. The highest BCUT2D eigenvalue weighted by molar-refractivity contribution is 9.10. The van der Waals surface area contributed by atoms with E-state index in [1.807, 2.05) is 24.3 Å². The first-order valence-electron chi connectivity index (χ1n) is 6.65. The molecule has 0 bridgehead atoms. The lowest BCUT2D eigenvalue weighted by Gasteiger charge is -2.04. The van der Waals surface area contributed by atoms with E-state index in [2.05, 4.69) is 40.0 Å². The average molecular weight is 360 g/mol. The quantitative estimate of drug-likeness (QED) is 0.731. The number of halogens is 1. The van der Waals surface area contributed by atoms with Crippen molar-refractivity contribution >= 4 is 33.1 Å². The van der Waals surface area contributed by atoms with Gasteiger partial charge in [-0.3, -0.25) is 0 Å². The molecule has 0 amide bonds. The molecule has 0 saturated heterocycles. The van der Waals surface area contributed by atoms with Gasteiger partial charge in [-0.25, -0.2) is 9.97 Å². The highest BCUT2D eigenvalue weighted by Gasteiger charge is 2.14. The molecule has 2 aromatic heterocycles. The van der Waals surface area contributed by atoms with Gasteiger partial charge < -0.3 is 5.73 Å². The van der Waals surface area contributed by atoms with Crippen LogP contribution in [0, 0.1) is 0 Å². The zero-order valence-corrected chi connectivity index (χ0v) is 13.9. The standard InChI is InChI=1S/C16H14BrN3S/c1-2-14-20-15(10-4-3-5-12(17)8-10)16(21-14)11-6-7-19-13(18)9-11/h3-9H,2H2,1H3,(H2,18,19). The monoisotopic (exact) mass is 359 g/mol. The first-order chi connectivity index (χ1) is 10.2. The maximum absolute atomic E-state index is 5.81. The fourth-order valence-electron chi connectivity index (χ4n) is 2.13. The van der Waals surface area contributed by atoms with Crippen LogP contribution in [0.25, 0.3) is 21.7 Å². The zero-order chi connectivity index (χ0) is 14.8. The van der Waals surface area contributed by atoms with Crippen molar-refractivity contribution in [3.63, 3.8) is 0 Å². The highest BCUT2D eigenvalue weighted by atomic mass is 79.9. The molecular formula is C16H14BrN3S. The molecule has 3 aromatic rings. The molecule has 0 atom stereocenters. The van der Waals surface area contributed by atoms with Crippen LogP contribution in [0.1, 0.15) is 11.9 Å². The minimum absolute atomic E-state index is 0.527. The van der Waals surface area contributed by atoms with E-state index < -0.39 is 0 Å². The molecule has 2 N–H and O–H groups in total. The lowest BCUT2D eigenvalue weighted by Crippen LogP contribution is -1.89. The number of hydrogen-bond donors (Lipinski definition) is 1. The van der Waals surface area contributed by atoms with Crippen molar-refractivity contribution < 1.29 is 0 Å². The molecule has 106 valence electrons. The van der Waals surface area contributed by atoms with Crippen LogP contribution in [0.2, 0.25) is 0 Å². The number of pyridine rings is 1. The minimum Gasteiger partial charge on any atom is -0.384 e. The summed E-state index contributed by atoms with van der Waals surface area (Å²) in [5, 5.41) is 1.12. The van der Waals surface area contributed by atoms with E-state index in [9.17, 15) is 0 Å². The van der Waals surface area contributed by atoms with Gasteiger partial charge in [0.1, 0.15) is 5.82 Å². The number of nitrogen functional groups attached to an aromatic ring is 1. The Bertz CT molecular complexity index is 720. The molecule has 0 aliphatic heterocycles. The van der Waals surface area contributed by atoms with E-state index in [1.165, 1.54) is 0 Å². The van der Waals surface area contributed by atoms with Crippen molar-refractivity contribution in [1.82, 2.24) is 9.97 Å². The summed E-state index contributed by atoms with van der Waals surface area (Å²) >= 11 is 5.23. The molecule has 1 aromatic carbocycles. The summed E-state index contributed by atoms with van der Waals surface area (Å²) in [6.07, 6.45) is 2.66. The number of aromatic nitrogens is 2. The molecular weight excluding hydrogens is 346 g/mol. The van der Waals surface area contributed by atoms with Crippen molar-refractivity contribution in [2.24, 2.45) is 0 Å². The lowest BCUT2D eigenvalue weighted by molar-refractivity contribution is 1.10. The first kappa shape index (κ1) is 14.2. The number of thiazole rings is 1. The number of hydrogen-bond acceptors (Lipinski definition) is 4. The van der Waals surface area contributed by atoms with Crippen LogP contribution in [-0.4, -0.2) is 9.97 Å². The Balaban J connectivity index is 2.18. The third kappa shape index (κ3) is 2.99. The normalized spacial score (nSPS) is 10.8. The molecule has 3 nitrogen and oxygen atoms in total. The van der Waals surface area contributed by atoms with Crippen molar-refractivity contribution in [1.29, 1.82) is 0 Å². The molecule has 3 rings (SSSR count). The molecule has 5 heteroatoms. The summed E-state index contributed by atoms with van der Waals surface area (Å²) in [6, 6.07) is 12.1. The molecule has 0 aliphatic carbocycles. The molecule has 0 unspecified atom stereocenters. The smallest absolute Gasteiger partial charge is 0.123 e. The van der Waals surface area contributed by atoms with Gasteiger partial charge in [0, 0.05) is 16.2 Å². The van der Waals surface area contributed by atoms with Crippen molar-refractivity contribution in [2.75, 3.05) is 5.73 Å². The van der Waals surface area contributed by atoms with Gasteiger partial charge in [-0.2, -0.15) is 0 Å². The highest BCUT2D eigenvalue weighted by Crippen LogP contribution is 2.37. The zero-order valence-electron chi connectivity index (χ0n) is 11.5. The number of rotatable bonds is 3. The van der Waals surface area contributed by atoms with Crippen LogP contribution in [0.4, 0.5) is 5.82 Å². The number of nitrogens with two attached hydrogens (primary N) is 1. The van der Waals surface area contributed by atoms with Gasteiger partial charge in [-0.1, -0.05) is 35.0 Å². The molecule has 21 heavy (non-hydrogen) atoms. The van der Waals surface area contributed by atoms with Crippen molar-refractivity contribution in [3.8, 4) is 21.7 Å². The Kier molecular flexibility index (Phi) is 4.03. The van der Waals surface area contributed by atoms with E-state index in [0.717, 1.165) is 37.6 Å². The van der Waals surface area contributed by atoms with Gasteiger partial charge in [-0.05, 0) is 36.2 Å². The second-order valence-electron chi connectivity index (χ2n) is 4.62. The number of anilines is 1. The Labute approximate surface area is 136 Å². The maximum atomic E-state index is 5.81. The number of nitrogens with zero attached hydrogens (tertiary/aromatic N) is 2. The second-order valence-corrected chi connectivity index (χ2v) is 6.62. The summed E-state index contributed by atoms with van der Waals surface area (Å²) in [7, 11) is 0. The summed E-state index contributed by atoms with van der Waals surface area (Å²) < 4.78 is 1.05. The summed E-state index contributed by atoms with van der Waals surface area (Å²) in [4.78, 5) is 9.98. The summed E-state index contributed by atoms with van der Waals surface area (Å²) in [5.74, 6) is 0.527. The third-order valence-electron chi connectivity index (χ3n) is 3.12. The topological polar surface area (TPSA) is 51.8 Å². The van der Waals surface area contributed by atoms with E-state index in [0.29, 0.717) is 5.82 Å². The molecule has 2 heterocycles. The minimum atomic E-state index is 0.527. The van der Waals surface area contributed by atoms with Crippen LogP contribution in [0.3, 0.4) is 0 Å². The van der Waals surface area contributed by atoms with Gasteiger partial charge in [-0.15, -0.1) is 11.3 Å². The predicted molar refractivity (Wildman–Crippen MR) is 92.3 cm³/mol. The van der Waals surface area contributed by atoms with Gasteiger partial charge in [0.25, 0.3) is 0 Å². The Hall–Kier alpha value is -1.72. The van der Waals surface area contributed by atoms with Crippen molar-refractivity contribution in [3.05, 3.63) is 52.1 Å². The number of benzene rings is 1. The fourth-order valence-corrected chi connectivity index (χ4v) is 3.55. The fraction of sp³-hybridized carbons (Fsp3) is 0.125. The lowest BCUT2D eigenvalue weighted by atomic mass is 10.1. The van der Waals surface area contributed by atoms with Crippen LogP contribution >= 0.6 is 27.3 Å². The first-order valence-corrected chi connectivity index (χ1v) is 8.26. The van der Waals surface area contributed by atoms with E-state index in [1.54, 1.807) is 17.5 Å². The van der Waals surface area contributed by atoms with Crippen LogP contribution in [0.15, 0.2) is 47.1 Å². The van der Waals surface area contributed by atoms with E-state index >= 15 is 0 Å². The average Bonchev–Trinajstić information content (AvgIpc) is 2.91. The van der Waals surface area contributed by atoms with Gasteiger partial charge >= 0.3 is 0 Å². The maximum Gasteiger partial charge on any atom is 0.123 e. The van der Waals surface area contributed by atoms with Crippen LogP contribution < -0.4 is 5.73 Å². The SMILES string of the molecule is CCc1nc(-c2cccc(Br)c2)c(-c2ccnc(N)c2)s1. The third-order valence-corrected chi connectivity index (χ3v) is 4.86. The molecule has 0 aliphatic rings.